The fourth-order valence-electron chi connectivity index (χ4n) is 2.08. The van der Waals surface area contributed by atoms with Crippen molar-refractivity contribution in [2.45, 2.75) is 34.0 Å². The molecule has 5 nitrogen and oxygen atoms in total. The number of hydrogen-bond acceptors (Lipinski definition) is 5. The van der Waals surface area contributed by atoms with E-state index in [-0.39, 0.29) is 13.2 Å². The van der Waals surface area contributed by atoms with Crippen LogP contribution >= 0.6 is 0 Å². The molecule has 0 radical (unpaired) electrons. The molecular weight excluding hydrogens is 450 g/mol. The van der Waals surface area contributed by atoms with Gasteiger partial charge in [0.25, 0.3) is 19.7 Å². The van der Waals surface area contributed by atoms with Gasteiger partial charge in [0.15, 0.2) is 0 Å². The van der Waals surface area contributed by atoms with Crippen molar-refractivity contribution in [1.82, 2.24) is 0 Å². The minimum atomic E-state index is -5.45. The normalized spacial score (nSPS) is 13.4. The number of rotatable bonds is 6. The Kier molecular flexibility index (Phi) is 6.35. The van der Waals surface area contributed by atoms with Crippen LogP contribution in [0.5, 0.6) is 0 Å². The Morgan fingerprint density at radius 2 is 0.862 bits per heavy atom. The standard InChI is InChI=1S/C16H12F6O5S2/c17-15(18,19)28(23,24)13-5-1-11(2-6-13)9-27-10-12-3-7-14(8-4-12)29(25,26)16(20,21)22/h1-8H,9-10H2. The summed E-state index contributed by atoms with van der Waals surface area (Å²) in [6, 6.07) is 7.59. The predicted molar refractivity (Wildman–Crippen MR) is 87.9 cm³/mol. The van der Waals surface area contributed by atoms with E-state index in [0.29, 0.717) is 11.1 Å². The molecule has 0 atom stereocenters. The Hall–Kier alpha value is -2.12. The van der Waals surface area contributed by atoms with E-state index in [0.717, 1.165) is 48.5 Å². The maximum absolute atomic E-state index is 12.5. The van der Waals surface area contributed by atoms with Gasteiger partial charge in [-0.05, 0) is 35.4 Å². The highest BCUT2D eigenvalue weighted by atomic mass is 32.2. The van der Waals surface area contributed by atoms with Gasteiger partial charge in [0.2, 0.25) is 0 Å². The summed E-state index contributed by atoms with van der Waals surface area (Å²) in [6.45, 7) is -0.260. The summed E-state index contributed by atoms with van der Waals surface area (Å²) in [4.78, 5) is -1.84. The van der Waals surface area contributed by atoms with E-state index in [1.54, 1.807) is 0 Å². The smallest absolute Gasteiger partial charge is 0.372 e. The lowest BCUT2D eigenvalue weighted by Gasteiger charge is -2.10. The highest BCUT2D eigenvalue weighted by molar-refractivity contribution is 7.92. The fraction of sp³-hybridized carbons (Fsp3) is 0.250. The van der Waals surface area contributed by atoms with Crippen LogP contribution in [0.25, 0.3) is 0 Å². The van der Waals surface area contributed by atoms with E-state index in [4.69, 9.17) is 4.74 Å². The molecule has 29 heavy (non-hydrogen) atoms. The lowest BCUT2D eigenvalue weighted by molar-refractivity contribution is -0.0442. The van der Waals surface area contributed by atoms with E-state index in [1.165, 1.54) is 0 Å². The van der Waals surface area contributed by atoms with Crippen LogP contribution in [0.3, 0.4) is 0 Å². The molecule has 0 aromatic heterocycles. The van der Waals surface area contributed by atoms with Crippen molar-refractivity contribution in [3.8, 4) is 0 Å². The summed E-state index contributed by atoms with van der Waals surface area (Å²) < 4.78 is 125. The Morgan fingerprint density at radius 3 is 1.10 bits per heavy atom. The van der Waals surface area contributed by atoms with Crippen molar-refractivity contribution in [1.29, 1.82) is 0 Å². The van der Waals surface area contributed by atoms with Crippen LogP contribution in [-0.2, 0) is 37.6 Å². The Labute approximate surface area is 161 Å². The van der Waals surface area contributed by atoms with Gasteiger partial charge < -0.3 is 4.74 Å². The summed E-state index contributed by atoms with van der Waals surface area (Å²) >= 11 is 0. The quantitative estimate of drug-likeness (QED) is 0.607. The maximum atomic E-state index is 12.5. The molecule has 0 amide bonds. The Balaban J connectivity index is 1.99. The average Bonchev–Trinajstić information content (AvgIpc) is 2.61. The Bertz CT molecular complexity index is 967. The SMILES string of the molecule is O=S(=O)(c1ccc(COCc2ccc(S(=O)(=O)C(F)(F)F)cc2)cc1)C(F)(F)F. The topological polar surface area (TPSA) is 77.5 Å². The third kappa shape index (κ3) is 5.08. The number of halogens is 6. The molecule has 2 aromatic carbocycles. The molecule has 0 unspecified atom stereocenters. The van der Waals surface area contributed by atoms with Gasteiger partial charge in [-0.15, -0.1) is 0 Å². The van der Waals surface area contributed by atoms with Crippen molar-refractivity contribution in [2.75, 3.05) is 0 Å². The zero-order valence-corrected chi connectivity index (χ0v) is 15.8. The van der Waals surface area contributed by atoms with Gasteiger partial charge in [0, 0.05) is 0 Å². The van der Waals surface area contributed by atoms with E-state index in [1.807, 2.05) is 0 Å². The van der Waals surface area contributed by atoms with Gasteiger partial charge in [0.05, 0.1) is 23.0 Å². The number of hydrogen-bond donors (Lipinski definition) is 0. The third-order valence-electron chi connectivity index (χ3n) is 3.61. The minimum absolute atomic E-state index is 0.130. The first-order valence-electron chi connectivity index (χ1n) is 7.54. The molecule has 0 spiro atoms. The first-order valence-corrected chi connectivity index (χ1v) is 10.5. The van der Waals surface area contributed by atoms with Crippen LogP contribution in [0.4, 0.5) is 26.3 Å². The first kappa shape index (κ1) is 23.2. The number of sulfone groups is 2. The largest absolute Gasteiger partial charge is 0.501 e. The van der Waals surface area contributed by atoms with Crippen molar-refractivity contribution in [3.63, 3.8) is 0 Å². The van der Waals surface area contributed by atoms with Gasteiger partial charge in [-0.1, -0.05) is 24.3 Å². The van der Waals surface area contributed by atoms with Gasteiger partial charge in [-0.2, -0.15) is 26.3 Å². The lowest BCUT2D eigenvalue weighted by Crippen LogP contribution is -2.23. The minimum Gasteiger partial charge on any atom is -0.372 e. The van der Waals surface area contributed by atoms with Crippen molar-refractivity contribution < 1.29 is 47.9 Å². The van der Waals surface area contributed by atoms with Gasteiger partial charge in [0.1, 0.15) is 0 Å². The van der Waals surface area contributed by atoms with Crippen molar-refractivity contribution >= 4 is 19.7 Å². The molecule has 2 aromatic rings. The van der Waals surface area contributed by atoms with Crippen LogP contribution in [0.1, 0.15) is 11.1 Å². The third-order valence-corrected chi connectivity index (χ3v) is 6.62. The Morgan fingerprint density at radius 1 is 0.586 bits per heavy atom. The summed E-state index contributed by atoms with van der Waals surface area (Å²) in [5.74, 6) is 0. The number of benzene rings is 2. The highest BCUT2D eigenvalue weighted by Gasteiger charge is 2.47. The molecule has 160 valence electrons. The molecule has 0 heterocycles. The summed E-state index contributed by atoms with van der Waals surface area (Å²) in [5.41, 5.74) is -10.1. The summed E-state index contributed by atoms with van der Waals surface area (Å²) in [7, 11) is -10.9. The van der Waals surface area contributed by atoms with E-state index < -0.39 is 40.5 Å². The molecule has 0 saturated carbocycles. The highest BCUT2D eigenvalue weighted by Crippen LogP contribution is 2.31. The molecule has 0 saturated heterocycles. The van der Waals surface area contributed by atoms with Gasteiger partial charge in [-0.25, -0.2) is 16.8 Å². The van der Waals surface area contributed by atoms with Crippen LogP contribution in [-0.4, -0.2) is 27.9 Å². The van der Waals surface area contributed by atoms with Gasteiger partial charge in [-0.3, -0.25) is 0 Å². The summed E-state index contributed by atoms with van der Waals surface area (Å²) in [6.07, 6.45) is 0. The van der Waals surface area contributed by atoms with E-state index in [2.05, 4.69) is 0 Å². The zero-order valence-electron chi connectivity index (χ0n) is 14.2. The second kappa shape index (κ2) is 7.95. The second-order valence-corrected chi connectivity index (χ2v) is 9.56. The monoisotopic (exact) mass is 462 g/mol. The molecule has 0 aliphatic carbocycles. The molecular formula is C16H12F6O5S2. The zero-order chi connectivity index (χ0) is 22.1. The molecule has 0 bridgehead atoms. The molecule has 0 aliphatic rings. The second-order valence-electron chi connectivity index (χ2n) is 5.68. The molecule has 0 N–H and O–H groups in total. The van der Waals surface area contributed by atoms with E-state index in [9.17, 15) is 43.2 Å². The molecule has 0 aliphatic heterocycles. The average molecular weight is 462 g/mol. The van der Waals surface area contributed by atoms with E-state index >= 15 is 0 Å². The number of ether oxygens (including phenoxy) is 1. The summed E-state index contributed by atoms with van der Waals surface area (Å²) in [5, 5.41) is 0. The van der Waals surface area contributed by atoms with Crippen LogP contribution in [0, 0.1) is 0 Å². The predicted octanol–water partition coefficient (Wildman–Crippen LogP) is 3.99. The van der Waals surface area contributed by atoms with Crippen LogP contribution in [0.15, 0.2) is 58.3 Å². The van der Waals surface area contributed by atoms with Crippen molar-refractivity contribution in [2.24, 2.45) is 0 Å². The maximum Gasteiger partial charge on any atom is 0.501 e. The fourth-order valence-corrected chi connectivity index (χ4v) is 3.61. The lowest BCUT2D eigenvalue weighted by atomic mass is 10.2. The van der Waals surface area contributed by atoms with Crippen LogP contribution in [0.2, 0.25) is 0 Å². The first-order chi connectivity index (χ1) is 13.2. The molecule has 13 heteroatoms. The molecule has 0 fully saturated rings. The molecule has 2 rings (SSSR count). The van der Waals surface area contributed by atoms with Crippen molar-refractivity contribution in [3.05, 3.63) is 59.7 Å². The number of alkyl halides is 6. The van der Waals surface area contributed by atoms with Gasteiger partial charge >= 0.3 is 11.0 Å². The van der Waals surface area contributed by atoms with Crippen LogP contribution < -0.4 is 0 Å².